The molecule has 0 atom stereocenters. The maximum atomic E-state index is 11.0. The van der Waals surface area contributed by atoms with E-state index in [0.29, 0.717) is 19.5 Å². The topological polar surface area (TPSA) is 61.4 Å². The molecule has 94 valence electrons. The lowest BCUT2D eigenvalue weighted by atomic mass is 9.94. The molecule has 0 aromatic rings. The molecule has 0 unspecified atom stereocenters. The van der Waals surface area contributed by atoms with Crippen molar-refractivity contribution in [3.05, 3.63) is 0 Å². The first kappa shape index (κ1) is 13.5. The van der Waals surface area contributed by atoms with Gasteiger partial charge in [-0.1, -0.05) is 25.7 Å². The van der Waals surface area contributed by atoms with Gasteiger partial charge in [-0.15, -0.1) is 0 Å². The van der Waals surface area contributed by atoms with E-state index in [1.165, 1.54) is 12.8 Å². The lowest BCUT2D eigenvalue weighted by molar-refractivity contribution is -0.120. The number of hydrogen-bond acceptors (Lipinski definition) is 3. The molecule has 0 bridgehead atoms. The van der Waals surface area contributed by atoms with Gasteiger partial charge in [-0.05, 0) is 12.8 Å². The predicted molar refractivity (Wildman–Crippen MR) is 64.2 cm³/mol. The molecule has 1 aliphatic rings. The van der Waals surface area contributed by atoms with Crippen LogP contribution >= 0.6 is 0 Å². The van der Waals surface area contributed by atoms with Crippen LogP contribution in [-0.4, -0.2) is 36.8 Å². The van der Waals surface area contributed by atoms with E-state index < -0.39 is 5.60 Å². The number of carbonyl (C=O) groups excluding carboxylic acids is 1. The van der Waals surface area contributed by atoms with Gasteiger partial charge in [0.05, 0.1) is 5.60 Å². The van der Waals surface area contributed by atoms with Gasteiger partial charge in [0.25, 0.3) is 0 Å². The molecule has 4 nitrogen and oxygen atoms in total. The molecule has 1 aliphatic carbocycles. The molecule has 0 radical (unpaired) electrons. The van der Waals surface area contributed by atoms with E-state index in [4.69, 9.17) is 0 Å². The summed E-state index contributed by atoms with van der Waals surface area (Å²) >= 11 is 0. The van der Waals surface area contributed by atoms with Crippen LogP contribution in [0.4, 0.5) is 0 Å². The first-order valence-electron chi connectivity index (χ1n) is 6.30. The number of hydrogen-bond donors (Lipinski definition) is 3. The highest BCUT2D eigenvalue weighted by Gasteiger charge is 2.27. The van der Waals surface area contributed by atoms with Gasteiger partial charge in [-0.3, -0.25) is 4.79 Å². The number of carbonyl (C=O) groups is 1. The molecule has 1 saturated carbocycles. The average Bonchev–Trinajstić information content (AvgIpc) is 2.50. The van der Waals surface area contributed by atoms with Gasteiger partial charge in [0, 0.05) is 26.6 Å². The lowest BCUT2D eigenvalue weighted by Crippen LogP contribution is -2.41. The first-order chi connectivity index (χ1) is 7.66. The lowest BCUT2D eigenvalue weighted by Gasteiger charge is -2.26. The summed E-state index contributed by atoms with van der Waals surface area (Å²) in [5, 5.41) is 16.1. The van der Waals surface area contributed by atoms with Gasteiger partial charge in [0.1, 0.15) is 0 Å². The van der Waals surface area contributed by atoms with E-state index in [1.54, 1.807) is 7.05 Å². The van der Waals surface area contributed by atoms with Gasteiger partial charge >= 0.3 is 0 Å². The molecule has 0 heterocycles. The minimum absolute atomic E-state index is 0.0420. The van der Waals surface area contributed by atoms with Crippen molar-refractivity contribution in [2.24, 2.45) is 0 Å². The molecule has 0 aromatic carbocycles. The highest BCUT2D eigenvalue weighted by molar-refractivity contribution is 5.75. The number of aliphatic hydroxyl groups is 1. The van der Waals surface area contributed by atoms with Crippen molar-refractivity contribution < 1.29 is 9.90 Å². The van der Waals surface area contributed by atoms with Crippen molar-refractivity contribution >= 4 is 5.91 Å². The minimum Gasteiger partial charge on any atom is -0.389 e. The van der Waals surface area contributed by atoms with Crippen molar-refractivity contribution in [2.75, 3.05) is 20.1 Å². The Balaban J connectivity index is 2.17. The van der Waals surface area contributed by atoms with Gasteiger partial charge < -0.3 is 15.7 Å². The summed E-state index contributed by atoms with van der Waals surface area (Å²) in [5.41, 5.74) is -0.542. The second kappa shape index (κ2) is 6.86. The van der Waals surface area contributed by atoms with Crippen LogP contribution in [-0.2, 0) is 4.79 Å². The smallest absolute Gasteiger partial charge is 0.221 e. The Morgan fingerprint density at radius 3 is 2.44 bits per heavy atom. The van der Waals surface area contributed by atoms with Crippen molar-refractivity contribution in [1.82, 2.24) is 10.6 Å². The molecule has 3 N–H and O–H groups in total. The highest BCUT2D eigenvalue weighted by atomic mass is 16.3. The molecule has 16 heavy (non-hydrogen) atoms. The highest BCUT2D eigenvalue weighted by Crippen LogP contribution is 2.26. The molecule has 0 saturated heterocycles. The molecular formula is C12H24N2O2. The summed E-state index contributed by atoms with van der Waals surface area (Å²) in [4.78, 5) is 11.0. The summed E-state index contributed by atoms with van der Waals surface area (Å²) in [5.74, 6) is 0.0420. The number of nitrogens with one attached hydrogen (secondary N) is 2. The molecule has 1 rings (SSSR count). The van der Waals surface area contributed by atoms with E-state index in [9.17, 15) is 9.90 Å². The summed E-state index contributed by atoms with van der Waals surface area (Å²) in [7, 11) is 1.64. The van der Waals surface area contributed by atoms with Crippen molar-refractivity contribution in [1.29, 1.82) is 0 Å². The van der Waals surface area contributed by atoms with Crippen molar-refractivity contribution in [3.63, 3.8) is 0 Å². The van der Waals surface area contributed by atoms with Crippen LogP contribution in [0.2, 0.25) is 0 Å². The summed E-state index contributed by atoms with van der Waals surface area (Å²) in [6.07, 6.45) is 6.97. The molecule has 4 heteroatoms. The largest absolute Gasteiger partial charge is 0.389 e. The maximum absolute atomic E-state index is 11.0. The Kier molecular flexibility index (Phi) is 5.77. The van der Waals surface area contributed by atoms with E-state index in [2.05, 4.69) is 10.6 Å². The third-order valence-corrected chi connectivity index (χ3v) is 3.30. The fraction of sp³-hybridized carbons (Fsp3) is 0.917. The summed E-state index contributed by atoms with van der Waals surface area (Å²) < 4.78 is 0. The van der Waals surface area contributed by atoms with Crippen LogP contribution in [0.1, 0.15) is 44.9 Å². The normalized spacial score (nSPS) is 20.1. The summed E-state index contributed by atoms with van der Waals surface area (Å²) in [6, 6.07) is 0. The Hall–Kier alpha value is -0.610. The average molecular weight is 228 g/mol. The van der Waals surface area contributed by atoms with E-state index in [-0.39, 0.29) is 5.91 Å². The zero-order valence-corrected chi connectivity index (χ0v) is 10.2. The molecule has 1 fully saturated rings. The third-order valence-electron chi connectivity index (χ3n) is 3.30. The van der Waals surface area contributed by atoms with Gasteiger partial charge in [0.15, 0.2) is 0 Å². The van der Waals surface area contributed by atoms with Crippen LogP contribution in [0.15, 0.2) is 0 Å². The first-order valence-corrected chi connectivity index (χ1v) is 6.30. The Labute approximate surface area is 97.8 Å². The maximum Gasteiger partial charge on any atom is 0.221 e. The van der Waals surface area contributed by atoms with Crippen molar-refractivity contribution in [3.8, 4) is 0 Å². The van der Waals surface area contributed by atoms with E-state index >= 15 is 0 Å². The molecule has 0 aromatic heterocycles. The zero-order chi connectivity index (χ0) is 11.9. The minimum atomic E-state index is -0.542. The number of amides is 1. The fourth-order valence-electron chi connectivity index (χ4n) is 2.21. The Morgan fingerprint density at radius 2 is 1.88 bits per heavy atom. The molecular weight excluding hydrogens is 204 g/mol. The third kappa shape index (κ3) is 4.94. The Morgan fingerprint density at radius 1 is 1.25 bits per heavy atom. The van der Waals surface area contributed by atoms with E-state index in [0.717, 1.165) is 25.7 Å². The van der Waals surface area contributed by atoms with Gasteiger partial charge in [-0.25, -0.2) is 0 Å². The monoisotopic (exact) mass is 228 g/mol. The predicted octanol–water partition coefficient (Wildman–Crippen LogP) is 0.797. The zero-order valence-electron chi connectivity index (χ0n) is 10.2. The van der Waals surface area contributed by atoms with Crippen LogP contribution < -0.4 is 10.6 Å². The van der Waals surface area contributed by atoms with Crippen LogP contribution in [0.3, 0.4) is 0 Å². The van der Waals surface area contributed by atoms with Gasteiger partial charge in [0.2, 0.25) is 5.91 Å². The second-order valence-corrected chi connectivity index (χ2v) is 4.74. The Bertz CT molecular complexity index is 211. The second-order valence-electron chi connectivity index (χ2n) is 4.74. The SMILES string of the molecule is CNC(=O)CCNCC1(O)CCCCCC1. The molecule has 1 amide bonds. The van der Waals surface area contributed by atoms with E-state index in [1.807, 2.05) is 0 Å². The quantitative estimate of drug-likeness (QED) is 0.482. The summed E-state index contributed by atoms with van der Waals surface area (Å²) in [6.45, 7) is 1.26. The molecule has 0 aliphatic heterocycles. The molecule has 0 spiro atoms. The standard InChI is InChI=1S/C12H24N2O2/c1-13-11(15)6-9-14-10-12(16)7-4-2-3-5-8-12/h14,16H,2-10H2,1H3,(H,13,15). The number of rotatable bonds is 5. The van der Waals surface area contributed by atoms with Crippen LogP contribution in [0.25, 0.3) is 0 Å². The van der Waals surface area contributed by atoms with Gasteiger partial charge in [-0.2, -0.15) is 0 Å². The fourth-order valence-corrected chi connectivity index (χ4v) is 2.21. The van der Waals surface area contributed by atoms with Crippen LogP contribution in [0.5, 0.6) is 0 Å². The van der Waals surface area contributed by atoms with Crippen molar-refractivity contribution in [2.45, 2.75) is 50.5 Å². The van der Waals surface area contributed by atoms with Crippen LogP contribution in [0, 0.1) is 0 Å².